The van der Waals surface area contributed by atoms with Crippen molar-refractivity contribution in [3.05, 3.63) is 0 Å². The van der Waals surface area contributed by atoms with Crippen molar-refractivity contribution >= 4 is 10.2 Å². The van der Waals surface area contributed by atoms with E-state index in [1.807, 2.05) is 0 Å². The quantitative estimate of drug-likeness (QED) is 0.691. The highest BCUT2D eigenvalue weighted by Gasteiger charge is 2.27. The standard InChI is InChI=1S/C11H24N4O2S/c1-2-14-7-3-4-11(14)10-13-18(16,17)15-8-5-12-6-9-15/h11-13H,2-10H2,1H3. The van der Waals surface area contributed by atoms with Crippen molar-refractivity contribution in [3.8, 4) is 0 Å². The molecule has 2 rings (SSSR count). The Morgan fingerprint density at radius 1 is 1.28 bits per heavy atom. The van der Waals surface area contributed by atoms with Gasteiger partial charge in [0.05, 0.1) is 0 Å². The van der Waals surface area contributed by atoms with Gasteiger partial charge in [-0.15, -0.1) is 0 Å². The second kappa shape index (κ2) is 6.29. The van der Waals surface area contributed by atoms with E-state index in [-0.39, 0.29) is 0 Å². The molecule has 0 spiro atoms. The summed E-state index contributed by atoms with van der Waals surface area (Å²) < 4.78 is 28.5. The van der Waals surface area contributed by atoms with Crippen LogP contribution in [0.3, 0.4) is 0 Å². The van der Waals surface area contributed by atoms with E-state index in [1.54, 1.807) is 0 Å². The van der Waals surface area contributed by atoms with E-state index in [0.29, 0.717) is 25.7 Å². The number of nitrogens with one attached hydrogen (secondary N) is 2. The van der Waals surface area contributed by atoms with Gasteiger partial charge in [0.1, 0.15) is 0 Å². The van der Waals surface area contributed by atoms with Crippen molar-refractivity contribution in [2.75, 3.05) is 45.8 Å². The highest BCUT2D eigenvalue weighted by atomic mass is 32.2. The predicted molar refractivity (Wildman–Crippen MR) is 71.6 cm³/mol. The summed E-state index contributed by atoms with van der Waals surface area (Å²) in [6.45, 7) is 7.38. The molecule has 0 aromatic carbocycles. The zero-order valence-electron chi connectivity index (χ0n) is 11.1. The molecule has 18 heavy (non-hydrogen) atoms. The fraction of sp³-hybridized carbons (Fsp3) is 1.00. The van der Waals surface area contributed by atoms with Crippen molar-refractivity contribution in [3.63, 3.8) is 0 Å². The second-order valence-corrected chi connectivity index (χ2v) is 6.68. The lowest BCUT2D eigenvalue weighted by Crippen LogP contribution is -2.52. The van der Waals surface area contributed by atoms with Gasteiger partial charge in [0.15, 0.2) is 0 Å². The zero-order valence-corrected chi connectivity index (χ0v) is 11.9. The van der Waals surface area contributed by atoms with E-state index in [9.17, 15) is 8.42 Å². The van der Waals surface area contributed by atoms with E-state index in [1.165, 1.54) is 10.7 Å². The van der Waals surface area contributed by atoms with Gasteiger partial charge in [-0.3, -0.25) is 4.90 Å². The van der Waals surface area contributed by atoms with Crippen LogP contribution in [0.4, 0.5) is 0 Å². The molecule has 0 aliphatic carbocycles. The smallest absolute Gasteiger partial charge is 0.279 e. The third-order valence-electron chi connectivity index (χ3n) is 3.82. The minimum absolute atomic E-state index is 0.368. The molecular formula is C11H24N4O2S. The average molecular weight is 276 g/mol. The Hall–Kier alpha value is -0.210. The summed E-state index contributed by atoms with van der Waals surface area (Å²) in [4.78, 5) is 2.35. The van der Waals surface area contributed by atoms with Crippen molar-refractivity contribution in [2.45, 2.75) is 25.8 Å². The molecule has 2 saturated heterocycles. The fourth-order valence-electron chi connectivity index (χ4n) is 2.72. The molecule has 0 amide bonds. The van der Waals surface area contributed by atoms with Gasteiger partial charge in [-0.2, -0.15) is 12.7 Å². The molecule has 2 heterocycles. The van der Waals surface area contributed by atoms with Gasteiger partial charge >= 0.3 is 0 Å². The predicted octanol–water partition coefficient (Wildman–Crippen LogP) is -0.790. The Morgan fingerprint density at radius 3 is 2.67 bits per heavy atom. The van der Waals surface area contributed by atoms with Crippen LogP contribution in [0.15, 0.2) is 0 Å². The minimum atomic E-state index is -3.29. The molecule has 0 saturated carbocycles. The third kappa shape index (κ3) is 3.42. The van der Waals surface area contributed by atoms with Gasteiger partial charge in [0.2, 0.25) is 0 Å². The first-order chi connectivity index (χ1) is 8.63. The first-order valence-electron chi connectivity index (χ1n) is 6.83. The molecule has 0 bridgehead atoms. The largest absolute Gasteiger partial charge is 0.314 e. The average Bonchev–Trinajstić information content (AvgIpc) is 2.85. The maximum Gasteiger partial charge on any atom is 0.279 e. The Bertz CT molecular complexity index is 354. The Labute approximate surface area is 110 Å². The van der Waals surface area contributed by atoms with E-state index in [0.717, 1.165) is 32.6 Å². The highest BCUT2D eigenvalue weighted by molar-refractivity contribution is 7.87. The molecule has 2 N–H and O–H groups in total. The van der Waals surface area contributed by atoms with Crippen LogP contribution in [0.5, 0.6) is 0 Å². The van der Waals surface area contributed by atoms with E-state index in [4.69, 9.17) is 0 Å². The first-order valence-corrected chi connectivity index (χ1v) is 8.27. The molecule has 1 unspecified atom stereocenters. The molecule has 2 aliphatic rings. The molecule has 106 valence electrons. The van der Waals surface area contributed by atoms with Gasteiger partial charge < -0.3 is 5.32 Å². The van der Waals surface area contributed by atoms with Gasteiger partial charge in [0.25, 0.3) is 10.2 Å². The molecule has 2 fully saturated rings. The van der Waals surface area contributed by atoms with E-state index in [2.05, 4.69) is 21.9 Å². The maximum atomic E-state index is 12.1. The molecule has 6 nitrogen and oxygen atoms in total. The number of rotatable bonds is 5. The van der Waals surface area contributed by atoms with Crippen molar-refractivity contribution in [2.24, 2.45) is 0 Å². The van der Waals surface area contributed by atoms with Crippen molar-refractivity contribution < 1.29 is 8.42 Å². The Morgan fingerprint density at radius 2 is 2.00 bits per heavy atom. The summed E-state index contributed by atoms with van der Waals surface area (Å²) in [5.41, 5.74) is 0. The summed E-state index contributed by atoms with van der Waals surface area (Å²) in [5.74, 6) is 0. The van der Waals surface area contributed by atoms with Crippen LogP contribution in [0, 0.1) is 0 Å². The monoisotopic (exact) mass is 276 g/mol. The summed E-state index contributed by atoms with van der Waals surface area (Å²) >= 11 is 0. The summed E-state index contributed by atoms with van der Waals surface area (Å²) in [6, 6.07) is 0.368. The highest BCUT2D eigenvalue weighted by Crippen LogP contribution is 2.16. The summed E-state index contributed by atoms with van der Waals surface area (Å²) in [5, 5.41) is 3.16. The molecule has 0 aromatic rings. The van der Waals surface area contributed by atoms with Crippen LogP contribution in [-0.2, 0) is 10.2 Å². The van der Waals surface area contributed by atoms with Crippen LogP contribution < -0.4 is 10.0 Å². The van der Waals surface area contributed by atoms with E-state index < -0.39 is 10.2 Å². The van der Waals surface area contributed by atoms with Crippen LogP contribution in [0.1, 0.15) is 19.8 Å². The third-order valence-corrected chi connectivity index (χ3v) is 5.40. The summed E-state index contributed by atoms with van der Waals surface area (Å²) in [6.07, 6.45) is 2.27. The normalized spacial score (nSPS) is 27.7. The van der Waals surface area contributed by atoms with Crippen LogP contribution in [0.2, 0.25) is 0 Å². The Kier molecular flexibility index (Phi) is 4.97. The van der Waals surface area contributed by atoms with Crippen LogP contribution in [0.25, 0.3) is 0 Å². The van der Waals surface area contributed by atoms with E-state index >= 15 is 0 Å². The molecule has 2 aliphatic heterocycles. The molecule has 1 atom stereocenters. The lowest BCUT2D eigenvalue weighted by molar-refractivity contribution is 0.265. The summed E-state index contributed by atoms with van der Waals surface area (Å²) in [7, 11) is -3.29. The SMILES string of the molecule is CCN1CCCC1CNS(=O)(=O)N1CCNCC1. The molecular weight excluding hydrogens is 252 g/mol. The molecule has 7 heteroatoms. The Balaban J connectivity index is 1.84. The van der Waals surface area contributed by atoms with Crippen LogP contribution in [-0.4, -0.2) is 69.5 Å². The van der Waals surface area contributed by atoms with Crippen LogP contribution >= 0.6 is 0 Å². The number of nitrogens with zero attached hydrogens (tertiary/aromatic N) is 2. The number of piperazine rings is 1. The maximum absolute atomic E-state index is 12.1. The minimum Gasteiger partial charge on any atom is -0.314 e. The number of hydrogen-bond donors (Lipinski definition) is 2. The first kappa shape index (κ1) is 14.2. The number of hydrogen-bond acceptors (Lipinski definition) is 4. The fourth-order valence-corrected chi connectivity index (χ4v) is 3.97. The lowest BCUT2D eigenvalue weighted by Gasteiger charge is -2.28. The lowest BCUT2D eigenvalue weighted by atomic mass is 10.2. The molecule has 0 radical (unpaired) electrons. The number of likely N-dealkylation sites (N-methyl/N-ethyl adjacent to an activating group) is 1. The van der Waals surface area contributed by atoms with Gasteiger partial charge in [-0.1, -0.05) is 6.92 Å². The van der Waals surface area contributed by atoms with Crippen molar-refractivity contribution in [1.82, 2.24) is 19.2 Å². The van der Waals surface area contributed by atoms with Crippen molar-refractivity contribution in [1.29, 1.82) is 0 Å². The number of likely N-dealkylation sites (tertiary alicyclic amines) is 1. The van der Waals surface area contributed by atoms with Gasteiger partial charge in [-0.05, 0) is 25.9 Å². The van der Waals surface area contributed by atoms with Gasteiger partial charge in [-0.25, -0.2) is 4.72 Å². The zero-order chi connectivity index (χ0) is 13.0. The van der Waals surface area contributed by atoms with Gasteiger partial charge in [0, 0.05) is 38.8 Å². The molecule has 0 aromatic heterocycles. The topological polar surface area (TPSA) is 64.7 Å². The second-order valence-electron chi connectivity index (χ2n) is 4.93.